The molecule has 33 heavy (non-hydrogen) atoms. The summed E-state index contributed by atoms with van der Waals surface area (Å²) in [7, 11) is 0. The molecule has 1 saturated heterocycles. The van der Waals surface area contributed by atoms with Crippen LogP contribution in [0.5, 0.6) is 11.5 Å². The van der Waals surface area contributed by atoms with E-state index in [9.17, 15) is 9.59 Å². The van der Waals surface area contributed by atoms with Gasteiger partial charge in [-0.1, -0.05) is 46.3 Å². The zero-order valence-corrected chi connectivity index (χ0v) is 22.1. The fraction of sp³-hybridized carbons (Fsp3) is 0.120. The molecule has 8 heteroatoms. The Morgan fingerprint density at radius 1 is 1.03 bits per heavy atom. The predicted molar refractivity (Wildman–Crippen MR) is 144 cm³/mol. The van der Waals surface area contributed by atoms with E-state index >= 15 is 0 Å². The molecular weight excluding hydrogens is 617 g/mol. The maximum Gasteiger partial charge on any atom is 0.298 e. The first kappa shape index (κ1) is 23.8. The molecule has 2 amide bonds. The number of ether oxygens (including phenoxy) is 2. The van der Waals surface area contributed by atoms with Gasteiger partial charge in [0.05, 0.1) is 20.8 Å². The lowest BCUT2D eigenvalue weighted by atomic mass is 10.1. The highest BCUT2D eigenvalue weighted by molar-refractivity contribution is 14.1. The number of nitrogens with zero attached hydrogens (tertiary/aromatic N) is 1. The van der Waals surface area contributed by atoms with Crippen molar-refractivity contribution in [3.63, 3.8) is 0 Å². The summed E-state index contributed by atoms with van der Waals surface area (Å²) in [6.07, 6.45) is 1.72. The lowest BCUT2D eigenvalue weighted by Gasteiger charge is -2.15. The van der Waals surface area contributed by atoms with Gasteiger partial charge in [0, 0.05) is 4.47 Å². The first-order valence-electron chi connectivity index (χ1n) is 10.1. The molecule has 0 bridgehead atoms. The number of amides is 2. The largest absolute Gasteiger partial charge is 0.490 e. The average molecular weight is 636 g/mol. The smallest absolute Gasteiger partial charge is 0.298 e. The number of imide groups is 1. The highest BCUT2D eigenvalue weighted by Crippen LogP contribution is 2.39. The molecule has 1 heterocycles. The molecule has 0 spiro atoms. The third kappa shape index (κ3) is 5.62. The molecule has 3 aromatic rings. The number of para-hydroxylation sites is 1. The van der Waals surface area contributed by atoms with Crippen LogP contribution in [0, 0.1) is 3.57 Å². The molecule has 168 valence electrons. The fourth-order valence-corrected chi connectivity index (χ4v) is 5.12. The van der Waals surface area contributed by atoms with Crippen molar-refractivity contribution in [2.24, 2.45) is 0 Å². The maximum absolute atomic E-state index is 12.9. The van der Waals surface area contributed by atoms with Crippen molar-refractivity contribution in [3.05, 3.63) is 90.8 Å². The van der Waals surface area contributed by atoms with Gasteiger partial charge >= 0.3 is 0 Å². The van der Waals surface area contributed by atoms with Crippen LogP contribution in [-0.2, 0) is 11.4 Å². The van der Waals surface area contributed by atoms with Gasteiger partial charge in [-0.2, -0.15) is 0 Å². The number of rotatable bonds is 7. The minimum absolute atomic E-state index is 0.313. The number of carbonyl (C=O) groups is 2. The van der Waals surface area contributed by atoms with E-state index in [4.69, 9.17) is 9.47 Å². The minimum Gasteiger partial charge on any atom is -0.490 e. The number of hydrogen-bond acceptors (Lipinski definition) is 5. The standard InChI is InChI=1S/C25H19BrINO4S/c1-2-31-21-13-17(12-20(27)23(21)32-15-16-8-10-18(26)11-9-16)14-22-24(29)28(25(30)33-22)19-6-4-3-5-7-19/h3-14H,2,15H2,1H3/b22-14-. The van der Waals surface area contributed by atoms with Crippen LogP contribution in [0.1, 0.15) is 18.1 Å². The summed E-state index contributed by atoms with van der Waals surface area (Å²) in [4.78, 5) is 27.0. The second-order valence-corrected chi connectivity index (χ2v) is 10.1. The van der Waals surface area contributed by atoms with Crippen LogP contribution in [0.3, 0.4) is 0 Å². The monoisotopic (exact) mass is 635 g/mol. The summed E-state index contributed by atoms with van der Waals surface area (Å²) in [5.41, 5.74) is 2.36. The molecule has 0 N–H and O–H groups in total. The normalized spacial score (nSPS) is 14.8. The van der Waals surface area contributed by atoms with Crippen LogP contribution in [0.2, 0.25) is 0 Å². The first-order valence-corrected chi connectivity index (χ1v) is 12.8. The molecule has 0 aromatic heterocycles. The van der Waals surface area contributed by atoms with E-state index in [0.29, 0.717) is 35.3 Å². The lowest BCUT2D eigenvalue weighted by molar-refractivity contribution is -0.113. The molecule has 1 aliphatic heterocycles. The van der Waals surface area contributed by atoms with E-state index in [1.54, 1.807) is 30.3 Å². The van der Waals surface area contributed by atoms with E-state index in [0.717, 1.165) is 30.9 Å². The van der Waals surface area contributed by atoms with E-state index in [1.807, 2.05) is 49.4 Å². The molecule has 0 unspecified atom stereocenters. The Kier molecular flexibility index (Phi) is 7.77. The van der Waals surface area contributed by atoms with Crippen molar-refractivity contribution in [1.29, 1.82) is 0 Å². The minimum atomic E-state index is -0.334. The number of anilines is 1. The van der Waals surface area contributed by atoms with Gasteiger partial charge < -0.3 is 9.47 Å². The Morgan fingerprint density at radius 2 is 1.76 bits per heavy atom. The Balaban J connectivity index is 1.59. The zero-order chi connectivity index (χ0) is 23.4. The number of hydrogen-bond donors (Lipinski definition) is 0. The molecule has 0 aliphatic carbocycles. The van der Waals surface area contributed by atoms with Crippen LogP contribution in [0.25, 0.3) is 6.08 Å². The molecule has 1 aliphatic rings. The summed E-state index contributed by atoms with van der Waals surface area (Å²) >= 11 is 6.56. The van der Waals surface area contributed by atoms with Gasteiger partial charge in [0.15, 0.2) is 11.5 Å². The van der Waals surface area contributed by atoms with E-state index in [-0.39, 0.29) is 11.1 Å². The Bertz CT molecular complexity index is 1220. The molecule has 5 nitrogen and oxygen atoms in total. The van der Waals surface area contributed by atoms with Crippen molar-refractivity contribution in [2.45, 2.75) is 13.5 Å². The van der Waals surface area contributed by atoms with Crippen LogP contribution in [0.15, 0.2) is 76.1 Å². The maximum atomic E-state index is 12.9. The second kappa shape index (κ2) is 10.8. The van der Waals surface area contributed by atoms with Crippen molar-refractivity contribution >= 4 is 73.2 Å². The molecular formula is C25H19BrINO4S. The van der Waals surface area contributed by atoms with Crippen molar-refractivity contribution < 1.29 is 19.1 Å². The SMILES string of the molecule is CCOc1cc(/C=C2\SC(=O)N(c3ccccc3)C2=O)cc(I)c1OCc1ccc(Br)cc1. The van der Waals surface area contributed by atoms with Crippen LogP contribution >= 0.6 is 50.3 Å². The summed E-state index contributed by atoms with van der Waals surface area (Å²) < 4.78 is 13.8. The Morgan fingerprint density at radius 3 is 2.45 bits per heavy atom. The summed E-state index contributed by atoms with van der Waals surface area (Å²) in [5.74, 6) is 0.907. The van der Waals surface area contributed by atoms with Gasteiger partial charge in [-0.25, -0.2) is 4.90 Å². The van der Waals surface area contributed by atoms with Gasteiger partial charge in [0.1, 0.15) is 6.61 Å². The molecule has 3 aromatic carbocycles. The van der Waals surface area contributed by atoms with Crippen LogP contribution in [0.4, 0.5) is 10.5 Å². The Hall–Kier alpha value is -2.30. The third-order valence-electron chi connectivity index (χ3n) is 4.73. The third-order valence-corrected chi connectivity index (χ3v) is 6.93. The van der Waals surface area contributed by atoms with Crippen molar-refractivity contribution in [3.8, 4) is 11.5 Å². The first-order chi connectivity index (χ1) is 16.0. The van der Waals surface area contributed by atoms with Gasteiger partial charge in [-0.15, -0.1) is 0 Å². The Labute approximate surface area is 218 Å². The topological polar surface area (TPSA) is 55.8 Å². The van der Waals surface area contributed by atoms with Crippen molar-refractivity contribution in [1.82, 2.24) is 0 Å². The zero-order valence-electron chi connectivity index (χ0n) is 17.6. The van der Waals surface area contributed by atoms with E-state index < -0.39 is 0 Å². The van der Waals surface area contributed by atoms with Gasteiger partial charge in [0.2, 0.25) is 0 Å². The number of thioether (sulfide) groups is 1. The summed E-state index contributed by atoms with van der Waals surface area (Å²) in [5, 5.41) is -0.313. The average Bonchev–Trinajstić information content (AvgIpc) is 3.08. The quantitative estimate of drug-likeness (QED) is 0.202. The van der Waals surface area contributed by atoms with E-state index in [1.165, 1.54) is 4.90 Å². The molecule has 1 fully saturated rings. The van der Waals surface area contributed by atoms with Gasteiger partial charge in [-0.05, 0) is 94.9 Å². The highest BCUT2D eigenvalue weighted by Gasteiger charge is 2.36. The van der Waals surface area contributed by atoms with Gasteiger partial charge in [0.25, 0.3) is 11.1 Å². The number of halogens is 2. The van der Waals surface area contributed by atoms with Crippen LogP contribution < -0.4 is 14.4 Å². The van der Waals surface area contributed by atoms with Crippen molar-refractivity contribution in [2.75, 3.05) is 11.5 Å². The van der Waals surface area contributed by atoms with E-state index in [2.05, 4.69) is 38.5 Å². The fourth-order valence-electron chi connectivity index (χ4n) is 3.23. The molecule has 0 saturated carbocycles. The second-order valence-electron chi connectivity index (χ2n) is 7.03. The molecule has 4 rings (SSSR count). The number of benzene rings is 3. The van der Waals surface area contributed by atoms with Gasteiger partial charge in [-0.3, -0.25) is 9.59 Å². The molecule has 0 atom stereocenters. The number of carbonyl (C=O) groups excluding carboxylic acids is 2. The van der Waals surface area contributed by atoms with Crippen LogP contribution in [-0.4, -0.2) is 17.8 Å². The predicted octanol–water partition coefficient (Wildman–Crippen LogP) is 7.27. The molecule has 0 radical (unpaired) electrons. The summed E-state index contributed by atoms with van der Waals surface area (Å²) in [6, 6.07) is 20.6. The lowest BCUT2D eigenvalue weighted by Crippen LogP contribution is -2.27. The summed E-state index contributed by atoms with van der Waals surface area (Å²) in [6.45, 7) is 2.78. The highest BCUT2D eigenvalue weighted by atomic mass is 127.